The average Bonchev–Trinajstić information content (AvgIpc) is 2.90. The lowest BCUT2D eigenvalue weighted by Crippen LogP contribution is -2.48. The molecular weight excluding hydrogens is 469 g/mol. The Labute approximate surface area is 189 Å². The van der Waals surface area contributed by atoms with Gasteiger partial charge < -0.3 is 20.3 Å². The smallest absolute Gasteiger partial charge is 0.410 e. The normalized spacial score (nSPS) is 21.9. The minimum atomic E-state index is -0.472. The van der Waals surface area contributed by atoms with Gasteiger partial charge in [-0.25, -0.2) is 4.79 Å². The number of carbonyl (C=O) groups excluding carboxylic acids is 1. The highest BCUT2D eigenvalue weighted by Crippen LogP contribution is 2.18. The molecule has 0 aromatic heterocycles. The summed E-state index contributed by atoms with van der Waals surface area (Å²) in [7, 11) is 3.57. The van der Waals surface area contributed by atoms with Gasteiger partial charge in [0.25, 0.3) is 0 Å². The highest BCUT2D eigenvalue weighted by molar-refractivity contribution is 14.0. The lowest BCUT2D eigenvalue weighted by molar-refractivity contribution is 0.0278. The molecule has 0 aromatic rings. The summed E-state index contributed by atoms with van der Waals surface area (Å²) in [6.45, 7) is 18.0. The molecule has 2 N–H and O–H groups in total. The molecule has 0 aromatic carbocycles. The third-order valence-electron chi connectivity index (χ3n) is 4.83. The average molecular weight is 511 g/mol. The van der Waals surface area contributed by atoms with Gasteiger partial charge >= 0.3 is 6.09 Å². The number of likely N-dealkylation sites (tertiary alicyclic amines) is 1. The predicted octanol–water partition coefficient (Wildman–Crippen LogP) is 3.00. The number of nitrogens with one attached hydrogen (secondary N) is 2. The Kier molecular flexibility index (Phi) is 11.7. The van der Waals surface area contributed by atoms with E-state index in [9.17, 15) is 4.79 Å². The van der Waals surface area contributed by atoms with E-state index in [-0.39, 0.29) is 36.0 Å². The second-order valence-electron chi connectivity index (χ2n) is 9.19. The van der Waals surface area contributed by atoms with Crippen LogP contribution in [0.15, 0.2) is 4.99 Å². The van der Waals surface area contributed by atoms with Gasteiger partial charge in [0, 0.05) is 52.4 Å². The Morgan fingerprint density at radius 2 is 1.89 bits per heavy atom. The summed E-state index contributed by atoms with van der Waals surface area (Å²) in [5.41, 5.74) is -0.472. The lowest BCUT2D eigenvalue weighted by Gasteiger charge is -2.27. The van der Waals surface area contributed by atoms with E-state index in [2.05, 4.69) is 48.2 Å². The van der Waals surface area contributed by atoms with E-state index in [1.165, 1.54) is 0 Å². The molecule has 0 saturated carbocycles. The molecular formula is C20H42IN5O2. The number of hydrogen-bond acceptors (Lipinski definition) is 4. The molecule has 1 rings (SSSR count). The van der Waals surface area contributed by atoms with Crippen LogP contribution in [0.5, 0.6) is 0 Å². The SMILES string of the molecule is CN=C(NCC(C)CN(C)C(=O)OC(C)(C)C)NC1CN(C(C)C)CC1C.I. The van der Waals surface area contributed by atoms with Gasteiger partial charge in [-0.2, -0.15) is 0 Å². The highest BCUT2D eigenvalue weighted by atomic mass is 127. The summed E-state index contributed by atoms with van der Waals surface area (Å²) < 4.78 is 5.40. The first kappa shape index (κ1) is 27.2. The number of rotatable bonds is 6. The number of hydrogen-bond donors (Lipinski definition) is 2. The zero-order valence-electron chi connectivity index (χ0n) is 19.2. The summed E-state index contributed by atoms with van der Waals surface area (Å²) in [5, 5.41) is 6.95. The summed E-state index contributed by atoms with van der Waals surface area (Å²) in [5.74, 6) is 1.68. The lowest BCUT2D eigenvalue weighted by atomic mass is 10.1. The van der Waals surface area contributed by atoms with E-state index in [0.717, 1.165) is 25.6 Å². The fraction of sp³-hybridized carbons (Fsp3) is 0.900. The van der Waals surface area contributed by atoms with Crippen LogP contribution in [0.1, 0.15) is 48.5 Å². The minimum Gasteiger partial charge on any atom is -0.444 e. The van der Waals surface area contributed by atoms with Crippen molar-refractivity contribution in [2.45, 2.75) is 66.2 Å². The molecule has 0 spiro atoms. The molecule has 1 fully saturated rings. The molecule has 166 valence electrons. The van der Waals surface area contributed by atoms with Crippen molar-refractivity contribution < 1.29 is 9.53 Å². The maximum Gasteiger partial charge on any atom is 0.410 e. The van der Waals surface area contributed by atoms with Crippen LogP contribution in [-0.2, 0) is 4.74 Å². The van der Waals surface area contributed by atoms with Crippen LogP contribution >= 0.6 is 24.0 Å². The van der Waals surface area contributed by atoms with Crippen molar-refractivity contribution in [2.75, 3.05) is 40.3 Å². The Hall–Kier alpha value is -0.770. The fourth-order valence-electron chi connectivity index (χ4n) is 3.20. The second-order valence-corrected chi connectivity index (χ2v) is 9.19. The van der Waals surface area contributed by atoms with Crippen LogP contribution in [-0.4, -0.2) is 79.8 Å². The molecule has 7 nitrogen and oxygen atoms in total. The molecule has 3 unspecified atom stereocenters. The van der Waals surface area contributed by atoms with E-state index in [4.69, 9.17) is 4.74 Å². The molecule has 0 aliphatic carbocycles. The molecule has 1 aliphatic heterocycles. The second kappa shape index (κ2) is 12.0. The van der Waals surface area contributed by atoms with Gasteiger partial charge in [-0.3, -0.25) is 9.89 Å². The van der Waals surface area contributed by atoms with Crippen LogP contribution in [0.2, 0.25) is 0 Å². The molecule has 28 heavy (non-hydrogen) atoms. The number of carbonyl (C=O) groups is 1. The van der Waals surface area contributed by atoms with Crippen LogP contribution in [0, 0.1) is 11.8 Å². The third-order valence-corrected chi connectivity index (χ3v) is 4.83. The van der Waals surface area contributed by atoms with Gasteiger partial charge in [0.15, 0.2) is 5.96 Å². The Morgan fingerprint density at radius 1 is 1.29 bits per heavy atom. The number of aliphatic imine (C=N–C) groups is 1. The quantitative estimate of drug-likeness (QED) is 0.326. The summed E-state index contributed by atoms with van der Waals surface area (Å²) in [6.07, 6.45) is -0.287. The predicted molar refractivity (Wildman–Crippen MR) is 128 cm³/mol. The summed E-state index contributed by atoms with van der Waals surface area (Å²) >= 11 is 0. The Morgan fingerprint density at radius 3 is 2.36 bits per heavy atom. The number of nitrogens with zero attached hydrogens (tertiary/aromatic N) is 3. The van der Waals surface area contributed by atoms with Crippen molar-refractivity contribution in [2.24, 2.45) is 16.8 Å². The van der Waals surface area contributed by atoms with Gasteiger partial charge in [-0.05, 0) is 46.5 Å². The first-order valence-corrected chi connectivity index (χ1v) is 10.1. The third kappa shape index (κ3) is 9.62. The van der Waals surface area contributed by atoms with Crippen LogP contribution in [0.3, 0.4) is 0 Å². The Bertz CT molecular complexity index is 507. The monoisotopic (exact) mass is 511 g/mol. The molecule has 3 atom stereocenters. The molecule has 1 amide bonds. The largest absolute Gasteiger partial charge is 0.444 e. The summed E-state index contributed by atoms with van der Waals surface area (Å²) in [6, 6.07) is 0.969. The zero-order valence-corrected chi connectivity index (χ0v) is 21.5. The van der Waals surface area contributed by atoms with Gasteiger partial charge in [-0.1, -0.05) is 13.8 Å². The first-order valence-electron chi connectivity index (χ1n) is 10.1. The minimum absolute atomic E-state index is 0. The van der Waals surface area contributed by atoms with Crippen molar-refractivity contribution in [1.29, 1.82) is 0 Å². The zero-order chi connectivity index (χ0) is 20.8. The van der Waals surface area contributed by atoms with E-state index in [0.29, 0.717) is 24.5 Å². The standard InChI is InChI=1S/C20H41N5O2.HI/c1-14(2)25-12-16(4)17(13-25)23-18(21-8)22-10-15(3)11-24(9)19(26)27-20(5,6)7;/h14-17H,10-13H2,1-9H3,(H2,21,22,23);1H. The first-order chi connectivity index (χ1) is 12.4. The van der Waals surface area contributed by atoms with Crippen molar-refractivity contribution in [3.05, 3.63) is 0 Å². The van der Waals surface area contributed by atoms with E-state index < -0.39 is 5.60 Å². The van der Waals surface area contributed by atoms with Crippen LogP contribution in [0.25, 0.3) is 0 Å². The number of halogens is 1. The number of amides is 1. The molecule has 1 heterocycles. The van der Waals surface area contributed by atoms with Gasteiger partial charge in [0.2, 0.25) is 0 Å². The van der Waals surface area contributed by atoms with Crippen molar-refractivity contribution in [1.82, 2.24) is 20.4 Å². The van der Waals surface area contributed by atoms with Crippen molar-refractivity contribution in [3.8, 4) is 0 Å². The molecule has 1 aliphatic rings. The van der Waals surface area contributed by atoms with E-state index >= 15 is 0 Å². The van der Waals surface area contributed by atoms with Crippen molar-refractivity contribution in [3.63, 3.8) is 0 Å². The Balaban J connectivity index is 0.00000729. The fourth-order valence-corrected chi connectivity index (χ4v) is 3.20. The molecule has 0 bridgehead atoms. The summed E-state index contributed by atoms with van der Waals surface area (Å²) in [4.78, 5) is 20.6. The maximum atomic E-state index is 12.1. The van der Waals surface area contributed by atoms with Gasteiger partial charge in [0.05, 0.1) is 0 Å². The van der Waals surface area contributed by atoms with Crippen molar-refractivity contribution >= 4 is 36.0 Å². The maximum absolute atomic E-state index is 12.1. The van der Waals surface area contributed by atoms with Crippen LogP contribution < -0.4 is 10.6 Å². The van der Waals surface area contributed by atoms with Gasteiger partial charge in [0.1, 0.15) is 5.60 Å². The molecule has 8 heteroatoms. The van der Waals surface area contributed by atoms with E-state index in [1.807, 2.05) is 20.8 Å². The molecule has 0 radical (unpaired) electrons. The topological polar surface area (TPSA) is 69.2 Å². The highest BCUT2D eigenvalue weighted by Gasteiger charge is 2.31. The number of ether oxygens (including phenoxy) is 1. The van der Waals surface area contributed by atoms with Crippen LogP contribution in [0.4, 0.5) is 4.79 Å². The number of guanidine groups is 1. The van der Waals surface area contributed by atoms with Gasteiger partial charge in [-0.15, -0.1) is 24.0 Å². The molecule has 1 saturated heterocycles. The van der Waals surface area contributed by atoms with E-state index in [1.54, 1.807) is 19.0 Å².